The highest BCUT2D eigenvalue weighted by Gasteiger charge is 2.31. The SMILES string of the molecule is CC(C)CC(NC(=O)C(CC(C)C)NC(=O)C1CCC[NH2+]1)C(=O)[O-]. The van der Waals surface area contributed by atoms with E-state index in [1.807, 2.05) is 33.0 Å². The Bertz CT molecular complexity index is 445. The lowest BCUT2D eigenvalue weighted by molar-refractivity contribution is -0.657. The minimum absolute atomic E-state index is 0.111. The van der Waals surface area contributed by atoms with Gasteiger partial charge in [0.15, 0.2) is 6.04 Å². The molecule has 0 aromatic heterocycles. The molecule has 0 aromatic rings. The van der Waals surface area contributed by atoms with E-state index in [0.29, 0.717) is 12.8 Å². The number of quaternary nitrogens is 1. The van der Waals surface area contributed by atoms with Gasteiger partial charge in [-0.3, -0.25) is 9.59 Å². The number of amides is 2. The van der Waals surface area contributed by atoms with Crippen molar-refractivity contribution in [2.24, 2.45) is 11.8 Å². The molecule has 1 aliphatic rings. The molecule has 7 nitrogen and oxygen atoms in total. The van der Waals surface area contributed by atoms with Gasteiger partial charge in [-0.2, -0.15) is 0 Å². The first-order valence-electron chi connectivity index (χ1n) is 8.85. The van der Waals surface area contributed by atoms with Crippen LogP contribution in [0.1, 0.15) is 53.4 Å². The van der Waals surface area contributed by atoms with Crippen molar-refractivity contribution in [2.75, 3.05) is 6.54 Å². The highest BCUT2D eigenvalue weighted by atomic mass is 16.4. The van der Waals surface area contributed by atoms with Gasteiger partial charge in [-0.25, -0.2) is 0 Å². The first-order valence-corrected chi connectivity index (χ1v) is 8.85. The van der Waals surface area contributed by atoms with E-state index in [2.05, 4.69) is 10.6 Å². The van der Waals surface area contributed by atoms with Gasteiger partial charge in [-0.15, -0.1) is 0 Å². The van der Waals surface area contributed by atoms with E-state index in [4.69, 9.17) is 0 Å². The molecule has 0 bridgehead atoms. The Balaban J connectivity index is 2.72. The number of nitrogens with one attached hydrogen (secondary N) is 2. The lowest BCUT2D eigenvalue weighted by Crippen LogP contribution is -2.89. The van der Waals surface area contributed by atoms with Gasteiger partial charge in [0, 0.05) is 12.8 Å². The number of carboxylic acid groups (broad SMARTS) is 1. The number of carbonyl (C=O) groups is 3. The molecule has 0 aromatic carbocycles. The molecule has 1 fully saturated rings. The molecular formula is C17H31N3O4. The summed E-state index contributed by atoms with van der Waals surface area (Å²) in [6.07, 6.45) is 2.55. The summed E-state index contributed by atoms with van der Waals surface area (Å²) in [6, 6.07) is -1.91. The molecule has 1 saturated heterocycles. The van der Waals surface area contributed by atoms with Gasteiger partial charge in [0.1, 0.15) is 6.04 Å². The zero-order valence-electron chi connectivity index (χ0n) is 15.1. The third kappa shape index (κ3) is 6.86. The van der Waals surface area contributed by atoms with Crippen LogP contribution in [-0.2, 0) is 14.4 Å². The average molecular weight is 341 g/mol. The van der Waals surface area contributed by atoms with Gasteiger partial charge in [-0.1, -0.05) is 27.7 Å². The summed E-state index contributed by atoms with van der Waals surface area (Å²) in [6.45, 7) is 8.59. The summed E-state index contributed by atoms with van der Waals surface area (Å²) >= 11 is 0. The van der Waals surface area contributed by atoms with Crippen molar-refractivity contribution in [1.82, 2.24) is 10.6 Å². The molecule has 2 amide bonds. The number of hydrogen-bond donors (Lipinski definition) is 3. The second kappa shape index (κ2) is 9.61. The molecule has 0 spiro atoms. The van der Waals surface area contributed by atoms with E-state index in [-0.39, 0.29) is 23.8 Å². The summed E-state index contributed by atoms with van der Waals surface area (Å²) in [5.41, 5.74) is 0. The second-order valence-corrected chi connectivity index (χ2v) is 7.47. The molecule has 7 heteroatoms. The molecule has 1 heterocycles. The fourth-order valence-electron chi connectivity index (χ4n) is 2.95. The van der Waals surface area contributed by atoms with Crippen molar-refractivity contribution in [2.45, 2.75) is 71.5 Å². The number of carboxylic acids is 1. The van der Waals surface area contributed by atoms with Crippen LogP contribution in [-0.4, -0.2) is 42.5 Å². The number of hydrogen-bond acceptors (Lipinski definition) is 4. The van der Waals surface area contributed by atoms with Gasteiger partial charge < -0.3 is 25.9 Å². The lowest BCUT2D eigenvalue weighted by atomic mass is 10.00. The Labute approximate surface area is 144 Å². The zero-order valence-corrected chi connectivity index (χ0v) is 15.1. The van der Waals surface area contributed by atoms with E-state index in [1.165, 1.54) is 0 Å². The van der Waals surface area contributed by atoms with Crippen molar-refractivity contribution >= 4 is 17.8 Å². The zero-order chi connectivity index (χ0) is 18.3. The summed E-state index contributed by atoms with van der Waals surface area (Å²) in [5.74, 6) is -1.60. The Hall–Kier alpha value is -1.63. The maximum absolute atomic E-state index is 12.5. The number of nitrogens with two attached hydrogens (primary N) is 1. The quantitative estimate of drug-likeness (QED) is 0.474. The highest BCUT2D eigenvalue weighted by molar-refractivity contribution is 5.91. The maximum atomic E-state index is 12.5. The Kier molecular flexibility index (Phi) is 8.18. The average Bonchev–Trinajstić information content (AvgIpc) is 2.98. The predicted molar refractivity (Wildman–Crippen MR) is 87.6 cm³/mol. The van der Waals surface area contributed by atoms with E-state index in [9.17, 15) is 19.5 Å². The monoisotopic (exact) mass is 341 g/mol. The number of aliphatic carboxylic acids is 1. The van der Waals surface area contributed by atoms with E-state index in [0.717, 1.165) is 19.4 Å². The number of rotatable bonds is 9. The molecule has 0 saturated carbocycles. The number of carbonyl (C=O) groups excluding carboxylic acids is 3. The van der Waals surface area contributed by atoms with E-state index < -0.39 is 24.0 Å². The first-order chi connectivity index (χ1) is 11.2. The normalized spacial score (nSPS) is 20.0. The van der Waals surface area contributed by atoms with Crippen LogP contribution in [0.25, 0.3) is 0 Å². The van der Waals surface area contributed by atoms with Gasteiger partial charge in [0.05, 0.1) is 18.6 Å². The fraction of sp³-hybridized carbons (Fsp3) is 0.824. The first kappa shape index (κ1) is 20.4. The van der Waals surface area contributed by atoms with Crippen LogP contribution < -0.4 is 21.1 Å². The topological polar surface area (TPSA) is 115 Å². The van der Waals surface area contributed by atoms with Crippen LogP contribution in [0, 0.1) is 11.8 Å². The fourth-order valence-corrected chi connectivity index (χ4v) is 2.95. The molecule has 24 heavy (non-hydrogen) atoms. The summed E-state index contributed by atoms with van der Waals surface area (Å²) in [7, 11) is 0. The summed E-state index contributed by atoms with van der Waals surface area (Å²) in [4.78, 5) is 36.0. The molecule has 3 atom stereocenters. The smallest absolute Gasteiger partial charge is 0.278 e. The van der Waals surface area contributed by atoms with Crippen LogP contribution in [0.3, 0.4) is 0 Å². The minimum Gasteiger partial charge on any atom is -0.548 e. The Morgan fingerprint density at radius 3 is 2.08 bits per heavy atom. The van der Waals surface area contributed by atoms with Crippen molar-refractivity contribution in [3.8, 4) is 0 Å². The van der Waals surface area contributed by atoms with Crippen molar-refractivity contribution in [3.63, 3.8) is 0 Å². The molecule has 3 unspecified atom stereocenters. The van der Waals surface area contributed by atoms with E-state index in [1.54, 1.807) is 0 Å². The van der Waals surface area contributed by atoms with Gasteiger partial charge in [-0.05, 0) is 24.7 Å². The standard InChI is InChI=1S/C17H31N3O4/c1-10(2)8-13(19-15(21)12-6-5-7-18-12)16(22)20-14(17(23)24)9-11(3)4/h10-14,18H,5-9H2,1-4H3,(H,19,21)(H,20,22)(H,23,24). The van der Waals surface area contributed by atoms with Gasteiger partial charge in [0.25, 0.3) is 5.91 Å². The third-order valence-corrected chi connectivity index (χ3v) is 4.16. The summed E-state index contributed by atoms with van der Waals surface area (Å²) in [5, 5.41) is 18.5. The van der Waals surface area contributed by atoms with Crippen LogP contribution in [0.4, 0.5) is 0 Å². The molecule has 0 aliphatic carbocycles. The van der Waals surface area contributed by atoms with Crippen LogP contribution >= 0.6 is 0 Å². The van der Waals surface area contributed by atoms with Crippen molar-refractivity contribution in [1.29, 1.82) is 0 Å². The molecule has 4 N–H and O–H groups in total. The van der Waals surface area contributed by atoms with Crippen LogP contribution in [0.2, 0.25) is 0 Å². The summed E-state index contributed by atoms with van der Waals surface area (Å²) < 4.78 is 0. The molecule has 138 valence electrons. The second-order valence-electron chi connectivity index (χ2n) is 7.47. The highest BCUT2D eigenvalue weighted by Crippen LogP contribution is 2.09. The Morgan fingerprint density at radius 1 is 1.04 bits per heavy atom. The predicted octanol–water partition coefficient (Wildman–Crippen LogP) is -1.48. The molecule has 1 rings (SSSR count). The minimum atomic E-state index is -1.30. The van der Waals surface area contributed by atoms with Crippen molar-refractivity contribution in [3.05, 3.63) is 0 Å². The van der Waals surface area contributed by atoms with E-state index >= 15 is 0 Å². The molecule has 0 radical (unpaired) electrons. The van der Waals surface area contributed by atoms with Gasteiger partial charge in [0.2, 0.25) is 5.91 Å². The van der Waals surface area contributed by atoms with Crippen molar-refractivity contribution < 1.29 is 24.8 Å². The van der Waals surface area contributed by atoms with Crippen LogP contribution in [0.5, 0.6) is 0 Å². The Morgan fingerprint density at radius 2 is 1.62 bits per heavy atom. The third-order valence-electron chi connectivity index (χ3n) is 4.16. The van der Waals surface area contributed by atoms with Gasteiger partial charge >= 0.3 is 0 Å². The lowest BCUT2D eigenvalue weighted by Gasteiger charge is -2.26. The molecule has 1 aliphatic heterocycles. The molecular weight excluding hydrogens is 310 g/mol. The largest absolute Gasteiger partial charge is 0.548 e. The maximum Gasteiger partial charge on any atom is 0.278 e. The van der Waals surface area contributed by atoms with Crippen LogP contribution in [0.15, 0.2) is 0 Å².